The third kappa shape index (κ3) is 4.84. The van der Waals surface area contributed by atoms with Crippen molar-refractivity contribution < 1.29 is 14.7 Å². The first-order valence-corrected chi connectivity index (χ1v) is 5.87. The number of anilines is 1. The summed E-state index contributed by atoms with van der Waals surface area (Å²) in [6.07, 6.45) is 0. The van der Waals surface area contributed by atoms with Crippen molar-refractivity contribution in [2.75, 3.05) is 16.8 Å². The Labute approximate surface area is 98.0 Å². The molecule has 0 unspecified atom stereocenters. The summed E-state index contributed by atoms with van der Waals surface area (Å²) in [5, 5.41) is 12.8. The van der Waals surface area contributed by atoms with Crippen molar-refractivity contribution in [3.8, 4) is 0 Å². The molecule has 0 aliphatic rings. The summed E-state index contributed by atoms with van der Waals surface area (Å²) in [7, 11) is 0. The van der Waals surface area contributed by atoms with Crippen LogP contribution in [0.3, 0.4) is 0 Å². The molecule has 0 atom stereocenters. The molecule has 0 saturated heterocycles. The van der Waals surface area contributed by atoms with Crippen LogP contribution in [0.15, 0.2) is 24.3 Å². The largest absolute Gasteiger partial charge is 0.549 e. The second-order valence-electron chi connectivity index (χ2n) is 3.28. The number of thioether (sulfide) groups is 1. The Balaban J connectivity index is 2.34. The minimum absolute atomic E-state index is 0.113. The van der Waals surface area contributed by atoms with Crippen LogP contribution in [0, 0.1) is 6.92 Å². The molecular formula is C11H12NO3S-. The van der Waals surface area contributed by atoms with Crippen LogP contribution in [-0.2, 0) is 9.59 Å². The van der Waals surface area contributed by atoms with E-state index < -0.39 is 5.97 Å². The average molecular weight is 238 g/mol. The van der Waals surface area contributed by atoms with Gasteiger partial charge in [0.15, 0.2) is 0 Å². The van der Waals surface area contributed by atoms with Gasteiger partial charge in [-0.25, -0.2) is 0 Å². The summed E-state index contributed by atoms with van der Waals surface area (Å²) in [6, 6.07) is 7.39. The normalized spacial score (nSPS) is 9.81. The third-order valence-corrected chi connectivity index (χ3v) is 2.69. The van der Waals surface area contributed by atoms with Crippen molar-refractivity contribution in [1.82, 2.24) is 0 Å². The lowest BCUT2D eigenvalue weighted by molar-refractivity contribution is -0.301. The molecule has 0 aliphatic carbocycles. The van der Waals surface area contributed by atoms with E-state index in [2.05, 4.69) is 5.32 Å². The SMILES string of the molecule is Cc1ccc(NC(=O)CSCC(=O)[O-])cc1. The van der Waals surface area contributed by atoms with E-state index in [-0.39, 0.29) is 17.4 Å². The van der Waals surface area contributed by atoms with Crippen molar-refractivity contribution in [2.24, 2.45) is 0 Å². The molecule has 0 bridgehead atoms. The average Bonchev–Trinajstić information content (AvgIpc) is 2.21. The molecule has 0 spiro atoms. The van der Waals surface area contributed by atoms with Gasteiger partial charge in [0.2, 0.25) is 5.91 Å². The van der Waals surface area contributed by atoms with Crippen LogP contribution in [0.4, 0.5) is 5.69 Å². The number of benzene rings is 1. The Kier molecular flexibility index (Phi) is 4.85. The van der Waals surface area contributed by atoms with Gasteiger partial charge in [-0.1, -0.05) is 17.7 Å². The first-order chi connectivity index (χ1) is 7.58. The van der Waals surface area contributed by atoms with Crippen molar-refractivity contribution in [3.63, 3.8) is 0 Å². The molecule has 5 heteroatoms. The highest BCUT2D eigenvalue weighted by Gasteiger charge is 2.02. The molecule has 0 aromatic heterocycles. The van der Waals surface area contributed by atoms with Gasteiger partial charge in [0.1, 0.15) is 0 Å². The fourth-order valence-corrected chi connectivity index (χ4v) is 1.59. The predicted octanol–water partition coefficient (Wildman–Crippen LogP) is 0.417. The van der Waals surface area contributed by atoms with Crippen molar-refractivity contribution in [2.45, 2.75) is 6.92 Å². The number of nitrogens with one attached hydrogen (secondary N) is 1. The minimum atomic E-state index is -1.16. The molecule has 0 radical (unpaired) electrons. The molecule has 1 aromatic carbocycles. The van der Waals surface area contributed by atoms with Crippen molar-refractivity contribution in [3.05, 3.63) is 29.8 Å². The molecule has 0 fully saturated rings. The van der Waals surface area contributed by atoms with Crippen LogP contribution in [-0.4, -0.2) is 23.4 Å². The molecule has 0 aliphatic heterocycles. The second-order valence-corrected chi connectivity index (χ2v) is 4.26. The monoisotopic (exact) mass is 238 g/mol. The van der Waals surface area contributed by atoms with Gasteiger partial charge < -0.3 is 15.2 Å². The number of aliphatic carboxylic acids is 1. The summed E-state index contributed by atoms with van der Waals surface area (Å²) in [4.78, 5) is 21.4. The number of rotatable bonds is 5. The van der Waals surface area contributed by atoms with E-state index >= 15 is 0 Å². The lowest BCUT2D eigenvalue weighted by Gasteiger charge is -2.05. The highest BCUT2D eigenvalue weighted by atomic mass is 32.2. The van der Waals surface area contributed by atoms with Gasteiger partial charge in [0, 0.05) is 11.4 Å². The van der Waals surface area contributed by atoms with Gasteiger partial charge in [0.25, 0.3) is 0 Å². The van der Waals surface area contributed by atoms with E-state index in [0.29, 0.717) is 5.69 Å². The maximum atomic E-state index is 11.3. The van der Waals surface area contributed by atoms with Crippen molar-refractivity contribution >= 4 is 29.3 Å². The van der Waals surface area contributed by atoms with Crippen LogP contribution in [0.5, 0.6) is 0 Å². The Morgan fingerprint density at radius 2 is 1.88 bits per heavy atom. The number of carbonyl (C=O) groups excluding carboxylic acids is 2. The predicted molar refractivity (Wildman–Crippen MR) is 62.1 cm³/mol. The fraction of sp³-hybridized carbons (Fsp3) is 0.273. The lowest BCUT2D eigenvalue weighted by Crippen LogP contribution is -2.25. The highest BCUT2D eigenvalue weighted by Crippen LogP contribution is 2.09. The van der Waals surface area contributed by atoms with Gasteiger partial charge in [-0.3, -0.25) is 4.79 Å². The Morgan fingerprint density at radius 3 is 2.44 bits per heavy atom. The fourth-order valence-electron chi connectivity index (χ4n) is 1.06. The summed E-state index contributed by atoms with van der Waals surface area (Å²) in [5.41, 5.74) is 1.83. The van der Waals surface area contributed by atoms with Gasteiger partial charge in [-0.05, 0) is 19.1 Å². The Hall–Kier alpha value is -1.49. The summed E-state index contributed by atoms with van der Waals surface area (Å²) >= 11 is 1.02. The standard InChI is InChI=1S/C11H13NO3S/c1-8-2-4-9(5-3-8)12-10(13)6-16-7-11(14)15/h2-5H,6-7H2,1H3,(H,12,13)(H,14,15)/p-1. The maximum Gasteiger partial charge on any atom is 0.234 e. The van der Waals surface area contributed by atoms with E-state index in [1.165, 1.54) is 0 Å². The molecule has 0 heterocycles. The van der Waals surface area contributed by atoms with E-state index in [9.17, 15) is 14.7 Å². The molecule has 1 amide bonds. The molecule has 16 heavy (non-hydrogen) atoms. The highest BCUT2D eigenvalue weighted by molar-refractivity contribution is 8.00. The number of hydrogen-bond acceptors (Lipinski definition) is 4. The zero-order valence-corrected chi connectivity index (χ0v) is 9.67. The van der Waals surface area contributed by atoms with Crippen LogP contribution in [0.25, 0.3) is 0 Å². The Morgan fingerprint density at radius 1 is 1.25 bits per heavy atom. The van der Waals surface area contributed by atoms with E-state index in [0.717, 1.165) is 17.3 Å². The van der Waals surface area contributed by atoms with Crippen LogP contribution < -0.4 is 10.4 Å². The third-order valence-electron chi connectivity index (χ3n) is 1.79. The number of amides is 1. The number of carbonyl (C=O) groups is 2. The van der Waals surface area contributed by atoms with Gasteiger partial charge in [-0.15, -0.1) is 11.8 Å². The van der Waals surface area contributed by atoms with Crippen LogP contribution in [0.2, 0.25) is 0 Å². The number of carboxylic acid groups (broad SMARTS) is 1. The molecule has 0 saturated carbocycles. The molecule has 1 rings (SSSR count). The van der Waals surface area contributed by atoms with E-state index in [4.69, 9.17) is 0 Å². The molecule has 4 nitrogen and oxygen atoms in total. The smallest absolute Gasteiger partial charge is 0.234 e. The summed E-state index contributed by atoms with van der Waals surface area (Å²) in [6.45, 7) is 1.96. The first-order valence-electron chi connectivity index (χ1n) is 4.72. The van der Waals surface area contributed by atoms with Crippen LogP contribution >= 0.6 is 11.8 Å². The number of hydrogen-bond donors (Lipinski definition) is 1. The summed E-state index contributed by atoms with van der Waals surface area (Å²) in [5.74, 6) is -1.42. The topological polar surface area (TPSA) is 69.2 Å². The molecule has 1 aromatic rings. The molecular weight excluding hydrogens is 226 g/mol. The number of aryl methyl sites for hydroxylation is 1. The first kappa shape index (κ1) is 12.6. The maximum absolute atomic E-state index is 11.3. The Bertz CT molecular complexity index is 375. The van der Waals surface area contributed by atoms with Crippen molar-refractivity contribution in [1.29, 1.82) is 0 Å². The van der Waals surface area contributed by atoms with Crippen LogP contribution in [0.1, 0.15) is 5.56 Å². The zero-order chi connectivity index (χ0) is 12.0. The molecule has 86 valence electrons. The minimum Gasteiger partial charge on any atom is -0.549 e. The second kappa shape index (κ2) is 6.17. The summed E-state index contributed by atoms with van der Waals surface area (Å²) < 4.78 is 0. The van der Waals surface area contributed by atoms with E-state index in [1.54, 1.807) is 12.1 Å². The lowest BCUT2D eigenvalue weighted by atomic mass is 10.2. The van der Waals surface area contributed by atoms with E-state index in [1.807, 2.05) is 19.1 Å². The zero-order valence-electron chi connectivity index (χ0n) is 8.86. The van der Waals surface area contributed by atoms with Gasteiger partial charge in [-0.2, -0.15) is 0 Å². The quantitative estimate of drug-likeness (QED) is 0.807. The van der Waals surface area contributed by atoms with Gasteiger partial charge >= 0.3 is 0 Å². The number of carboxylic acids is 1. The van der Waals surface area contributed by atoms with Gasteiger partial charge in [0.05, 0.1) is 11.7 Å². The molecule has 1 N–H and O–H groups in total.